The van der Waals surface area contributed by atoms with Crippen molar-refractivity contribution in [3.8, 4) is 5.88 Å². The van der Waals surface area contributed by atoms with Gasteiger partial charge in [-0.15, -0.1) is 11.3 Å². The molecule has 0 spiro atoms. The normalized spacial score (nSPS) is 10.2. The SMILES string of the molecule is COc1cc(NC(=O)c2csc(N)n2)nn1C. The lowest BCUT2D eigenvalue weighted by atomic mass is 10.4. The third-order valence-electron chi connectivity index (χ3n) is 2.04. The van der Waals surface area contributed by atoms with Gasteiger partial charge in [0.15, 0.2) is 10.9 Å². The number of amides is 1. The van der Waals surface area contributed by atoms with E-state index in [-0.39, 0.29) is 11.6 Å². The van der Waals surface area contributed by atoms with Gasteiger partial charge in [-0.3, -0.25) is 4.79 Å². The Morgan fingerprint density at radius 2 is 2.41 bits per heavy atom. The Bertz CT molecular complexity index is 547. The number of hydrogen-bond donors (Lipinski definition) is 2. The van der Waals surface area contributed by atoms with Crippen LogP contribution in [0.2, 0.25) is 0 Å². The Balaban J connectivity index is 2.12. The summed E-state index contributed by atoms with van der Waals surface area (Å²) >= 11 is 1.21. The van der Waals surface area contributed by atoms with E-state index in [0.29, 0.717) is 16.8 Å². The number of aryl methyl sites for hydroxylation is 1. The van der Waals surface area contributed by atoms with Gasteiger partial charge in [0.25, 0.3) is 5.91 Å². The number of thiazole rings is 1. The molecule has 17 heavy (non-hydrogen) atoms. The molecular weight excluding hydrogens is 242 g/mol. The van der Waals surface area contributed by atoms with E-state index in [0.717, 1.165) is 0 Å². The molecule has 2 rings (SSSR count). The largest absolute Gasteiger partial charge is 0.481 e. The molecule has 0 aromatic carbocycles. The molecule has 3 N–H and O–H groups in total. The number of nitrogens with zero attached hydrogens (tertiary/aromatic N) is 3. The minimum absolute atomic E-state index is 0.275. The summed E-state index contributed by atoms with van der Waals surface area (Å²) in [7, 11) is 3.25. The maximum atomic E-state index is 11.7. The maximum absolute atomic E-state index is 11.7. The van der Waals surface area contributed by atoms with E-state index >= 15 is 0 Å². The quantitative estimate of drug-likeness (QED) is 0.840. The molecule has 7 nitrogen and oxygen atoms in total. The average Bonchev–Trinajstić information content (AvgIpc) is 2.85. The summed E-state index contributed by atoms with van der Waals surface area (Å²) in [6, 6.07) is 1.62. The van der Waals surface area contributed by atoms with Crippen LogP contribution in [0, 0.1) is 0 Å². The van der Waals surface area contributed by atoms with E-state index in [9.17, 15) is 4.79 Å². The molecule has 0 atom stereocenters. The van der Waals surface area contributed by atoms with E-state index in [2.05, 4.69) is 15.4 Å². The third kappa shape index (κ3) is 2.36. The van der Waals surface area contributed by atoms with Crippen molar-refractivity contribution in [3.63, 3.8) is 0 Å². The van der Waals surface area contributed by atoms with Crippen LogP contribution in [0.3, 0.4) is 0 Å². The molecule has 2 aromatic rings. The first kappa shape index (κ1) is 11.4. The van der Waals surface area contributed by atoms with Crippen molar-refractivity contribution in [2.24, 2.45) is 7.05 Å². The maximum Gasteiger partial charge on any atom is 0.276 e. The molecule has 0 aliphatic heterocycles. The van der Waals surface area contributed by atoms with Crippen LogP contribution in [0.5, 0.6) is 5.88 Å². The van der Waals surface area contributed by atoms with Crippen molar-refractivity contribution in [3.05, 3.63) is 17.1 Å². The topological polar surface area (TPSA) is 95.1 Å². The highest BCUT2D eigenvalue weighted by atomic mass is 32.1. The Morgan fingerprint density at radius 1 is 1.65 bits per heavy atom. The molecule has 0 fully saturated rings. The molecular formula is C9H11N5O2S. The molecule has 0 aliphatic rings. The second kappa shape index (κ2) is 4.42. The van der Waals surface area contributed by atoms with Gasteiger partial charge in [-0.2, -0.15) is 5.10 Å². The number of ether oxygens (including phenoxy) is 1. The van der Waals surface area contributed by atoms with Crippen LogP contribution in [0.25, 0.3) is 0 Å². The summed E-state index contributed by atoms with van der Waals surface area (Å²) < 4.78 is 6.55. The fourth-order valence-corrected chi connectivity index (χ4v) is 1.82. The second-order valence-corrected chi connectivity index (χ2v) is 4.11. The van der Waals surface area contributed by atoms with Gasteiger partial charge < -0.3 is 15.8 Å². The summed E-state index contributed by atoms with van der Waals surface area (Å²) in [6.45, 7) is 0. The first-order chi connectivity index (χ1) is 8.10. The van der Waals surface area contributed by atoms with Crippen LogP contribution >= 0.6 is 11.3 Å². The van der Waals surface area contributed by atoms with E-state index in [1.165, 1.54) is 23.1 Å². The number of nitrogens with one attached hydrogen (secondary N) is 1. The predicted octanol–water partition coefficient (Wildman–Crippen LogP) is 0.720. The molecule has 90 valence electrons. The Hall–Kier alpha value is -2.09. The molecule has 2 aromatic heterocycles. The third-order valence-corrected chi connectivity index (χ3v) is 2.72. The Kier molecular flexibility index (Phi) is 2.96. The molecule has 0 bridgehead atoms. The van der Waals surface area contributed by atoms with Crippen LogP contribution in [-0.4, -0.2) is 27.8 Å². The molecule has 1 amide bonds. The first-order valence-corrected chi connectivity index (χ1v) is 5.58. The van der Waals surface area contributed by atoms with Gasteiger partial charge in [0.1, 0.15) is 5.69 Å². The van der Waals surface area contributed by atoms with Gasteiger partial charge >= 0.3 is 0 Å². The zero-order valence-electron chi connectivity index (χ0n) is 9.30. The van der Waals surface area contributed by atoms with Gasteiger partial charge in [0.05, 0.1) is 7.11 Å². The Morgan fingerprint density at radius 3 is 2.94 bits per heavy atom. The number of nitrogens with two attached hydrogens (primary N) is 1. The minimum Gasteiger partial charge on any atom is -0.481 e. The van der Waals surface area contributed by atoms with Crippen LogP contribution in [0.15, 0.2) is 11.4 Å². The van der Waals surface area contributed by atoms with Crippen LogP contribution in [0.1, 0.15) is 10.5 Å². The standard InChI is InChI=1S/C9H11N5O2S/c1-14-7(16-2)3-6(13-14)12-8(15)5-4-17-9(10)11-5/h3-4H,1-2H3,(H2,10,11)(H,12,13,15). The minimum atomic E-state index is -0.348. The molecule has 0 unspecified atom stereocenters. The van der Waals surface area contributed by atoms with Crippen molar-refractivity contribution < 1.29 is 9.53 Å². The summed E-state index contributed by atoms with van der Waals surface area (Å²) in [4.78, 5) is 15.6. The number of hydrogen-bond acceptors (Lipinski definition) is 6. The molecule has 0 radical (unpaired) electrons. The van der Waals surface area contributed by atoms with E-state index in [1.54, 1.807) is 18.5 Å². The van der Waals surface area contributed by atoms with Crippen molar-refractivity contribution in [2.75, 3.05) is 18.2 Å². The van der Waals surface area contributed by atoms with Crippen molar-refractivity contribution in [1.29, 1.82) is 0 Å². The van der Waals surface area contributed by atoms with Crippen molar-refractivity contribution in [2.45, 2.75) is 0 Å². The predicted molar refractivity (Wildman–Crippen MR) is 64.2 cm³/mol. The molecule has 0 saturated carbocycles. The summed E-state index contributed by atoms with van der Waals surface area (Å²) in [5.74, 6) is 0.609. The van der Waals surface area contributed by atoms with E-state index < -0.39 is 0 Å². The number of carbonyl (C=O) groups is 1. The summed E-state index contributed by atoms with van der Waals surface area (Å²) in [5, 5.41) is 8.61. The molecule has 0 aliphatic carbocycles. The number of rotatable bonds is 3. The van der Waals surface area contributed by atoms with Crippen LogP contribution in [-0.2, 0) is 7.05 Å². The van der Waals surface area contributed by atoms with E-state index in [4.69, 9.17) is 10.5 Å². The van der Waals surface area contributed by atoms with Gasteiger partial charge in [-0.1, -0.05) is 0 Å². The van der Waals surface area contributed by atoms with E-state index in [1.807, 2.05) is 0 Å². The fourth-order valence-electron chi connectivity index (χ4n) is 1.27. The second-order valence-electron chi connectivity index (χ2n) is 3.22. The van der Waals surface area contributed by atoms with Gasteiger partial charge in [-0.25, -0.2) is 9.67 Å². The first-order valence-electron chi connectivity index (χ1n) is 4.70. The Labute approximate surface area is 101 Å². The van der Waals surface area contributed by atoms with Gasteiger partial charge in [-0.05, 0) is 0 Å². The summed E-state index contributed by atoms with van der Waals surface area (Å²) in [6.07, 6.45) is 0. The van der Waals surface area contributed by atoms with Crippen molar-refractivity contribution in [1.82, 2.24) is 14.8 Å². The number of carbonyl (C=O) groups excluding carboxylic acids is 1. The molecule has 8 heteroatoms. The number of anilines is 2. The fraction of sp³-hybridized carbons (Fsp3) is 0.222. The monoisotopic (exact) mass is 253 g/mol. The highest BCUT2D eigenvalue weighted by Gasteiger charge is 2.12. The average molecular weight is 253 g/mol. The van der Waals surface area contributed by atoms with Crippen molar-refractivity contribution >= 4 is 28.2 Å². The summed E-state index contributed by atoms with van der Waals surface area (Å²) in [5.41, 5.74) is 5.72. The lowest BCUT2D eigenvalue weighted by molar-refractivity contribution is 0.102. The zero-order valence-corrected chi connectivity index (χ0v) is 10.1. The number of methoxy groups -OCH3 is 1. The van der Waals surface area contributed by atoms with Gasteiger partial charge in [0.2, 0.25) is 5.88 Å². The molecule has 2 heterocycles. The highest BCUT2D eigenvalue weighted by molar-refractivity contribution is 7.13. The highest BCUT2D eigenvalue weighted by Crippen LogP contribution is 2.17. The van der Waals surface area contributed by atoms with Crippen LogP contribution < -0.4 is 15.8 Å². The van der Waals surface area contributed by atoms with Gasteiger partial charge in [0, 0.05) is 18.5 Å². The molecule has 0 saturated heterocycles. The van der Waals surface area contributed by atoms with Crippen LogP contribution in [0.4, 0.5) is 10.9 Å². The smallest absolute Gasteiger partial charge is 0.276 e. The zero-order chi connectivity index (χ0) is 12.4. The number of nitrogen functional groups attached to an aromatic ring is 1. The lowest BCUT2D eigenvalue weighted by Gasteiger charge is -1.96. The lowest BCUT2D eigenvalue weighted by Crippen LogP contribution is -2.13. The number of aromatic nitrogens is 3.